The van der Waals surface area contributed by atoms with E-state index in [1.165, 1.54) is 17.8 Å². The summed E-state index contributed by atoms with van der Waals surface area (Å²) in [4.78, 5) is 0. The SMILES string of the molecule is Fc1ccccc1-c1nnc(SCc2ccc(Br)cc2)o1. The van der Waals surface area contributed by atoms with Crippen molar-refractivity contribution in [2.75, 3.05) is 0 Å². The Kier molecular flexibility index (Phi) is 4.36. The highest BCUT2D eigenvalue weighted by atomic mass is 79.9. The number of halogens is 2. The number of benzene rings is 2. The maximum absolute atomic E-state index is 13.6. The first-order valence-electron chi connectivity index (χ1n) is 6.18. The standard InChI is InChI=1S/C15H10BrFN2OS/c16-11-7-5-10(6-8-11)9-21-15-19-18-14(20-15)12-3-1-2-4-13(12)17/h1-8H,9H2. The minimum absolute atomic E-state index is 0.200. The van der Waals surface area contributed by atoms with E-state index in [2.05, 4.69) is 26.1 Å². The maximum Gasteiger partial charge on any atom is 0.277 e. The van der Waals surface area contributed by atoms with Gasteiger partial charge in [-0.1, -0.05) is 52.0 Å². The van der Waals surface area contributed by atoms with Crippen LogP contribution in [0.25, 0.3) is 11.5 Å². The molecule has 0 bridgehead atoms. The molecule has 1 heterocycles. The zero-order chi connectivity index (χ0) is 14.7. The Hall–Kier alpha value is -1.66. The molecule has 0 amide bonds. The van der Waals surface area contributed by atoms with Gasteiger partial charge in [-0.3, -0.25) is 0 Å². The van der Waals surface area contributed by atoms with E-state index in [1.807, 2.05) is 24.3 Å². The fourth-order valence-corrected chi connectivity index (χ4v) is 2.72. The molecule has 2 aromatic carbocycles. The van der Waals surface area contributed by atoms with Crippen LogP contribution in [0.4, 0.5) is 4.39 Å². The summed E-state index contributed by atoms with van der Waals surface area (Å²) in [7, 11) is 0. The molecule has 3 rings (SSSR count). The van der Waals surface area contributed by atoms with Gasteiger partial charge in [0.25, 0.3) is 11.1 Å². The number of rotatable bonds is 4. The van der Waals surface area contributed by atoms with Crippen molar-refractivity contribution in [2.24, 2.45) is 0 Å². The van der Waals surface area contributed by atoms with Crippen molar-refractivity contribution in [1.29, 1.82) is 0 Å². The third-order valence-corrected chi connectivity index (χ3v) is 4.20. The fraction of sp³-hybridized carbons (Fsp3) is 0.0667. The lowest BCUT2D eigenvalue weighted by molar-refractivity contribution is 0.463. The van der Waals surface area contributed by atoms with E-state index in [0.29, 0.717) is 16.5 Å². The van der Waals surface area contributed by atoms with E-state index in [9.17, 15) is 4.39 Å². The summed E-state index contributed by atoms with van der Waals surface area (Å²) in [6.45, 7) is 0. The first-order valence-corrected chi connectivity index (χ1v) is 7.96. The number of thioether (sulfide) groups is 1. The van der Waals surface area contributed by atoms with Crippen LogP contribution in [-0.2, 0) is 5.75 Å². The summed E-state index contributed by atoms with van der Waals surface area (Å²) in [6.07, 6.45) is 0. The predicted octanol–water partition coefficient (Wildman–Crippen LogP) is 4.93. The van der Waals surface area contributed by atoms with Gasteiger partial charge in [-0.15, -0.1) is 10.2 Å². The average Bonchev–Trinajstić information content (AvgIpc) is 2.96. The number of hydrogen-bond acceptors (Lipinski definition) is 4. The molecule has 0 saturated carbocycles. The number of nitrogens with zero attached hydrogens (tertiary/aromatic N) is 2. The Labute approximate surface area is 133 Å². The third-order valence-electron chi connectivity index (χ3n) is 2.79. The lowest BCUT2D eigenvalue weighted by Gasteiger charge is -1.98. The second-order valence-electron chi connectivity index (χ2n) is 4.27. The number of hydrogen-bond donors (Lipinski definition) is 0. The third kappa shape index (κ3) is 3.51. The Morgan fingerprint density at radius 3 is 2.57 bits per heavy atom. The normalized spacial score (nSPS) is 10.8. The van der Waals surface area contributed by atoms with E-state index in [4.69, 9.17) is 4.42 Å². The van der Waals surface area contributed by atoms with Crippen molar-refractivity contribution in [1.82, 2.24) is 10.2 Å². The topological polar surface area (TPSA) is 38.9 Å². The monoisotopic (exact) mass is 364 g/mol. The Balaban J connectivity index is 1.71. The van der Waals surface area contributed by atoms with Crippen molar-refractivity contribution < 1.29 is 8.81 Å². The van der Waals surface area contributed by atoms with E-state index < -0.39 is 0 Å². The molecular weight excluding hydrogens is 355 g/mol. The summed E-state index contributed by atoms with van der Waals surface area (Å²) in [5.41, 5.74) is 1.47. The molecule has 6 heteroatoms. The first kappa shape index (κ1) is 14.3. The van der Waals surface area contributed by atoms with Gasteiger partial charge in [-0.25, -0.2) is 4.39 Å². The van der Waals surface area contributed by atoms with Crippen LogP contribution in [0.2, 0.25) is 0 Å². The van der Waals surface area contributed by atoms with Gasteiger partial charge in [-0.2, -0.15) is 0 Å². The molecule has 1 aromatic heterocycles. The summed E-state index contributed by atoms with van der Waals surface area (Å²) < 4.78 is 20.2. The van der Waals surface area contributed by atoms with Crippen molar-refractivity contribution in [3.05, 3.63) is 64.4 Å². The van der Waals surface area contributed by atoms with Crippen LogP contribution in [-0.4, -0.2) is 10.2 Å². The van der Waals surface area contributed by atoms with Crippen molar-refractivity contribution in [2.45, 2.75) is 11.0 Å². The molecule has 0 N–H and O–H groups in total. The maximum atomic E-state index is 13.6. The molecule has 0 fully saturated rings. The van der Waals surface area contributed by atoms with Crippen LogP contribution in [0.3, 0.4) is 0 Å². The highest BCUT2D eigenvalue weighted by Crippen LogP contribution is 2.27. The largest absolute Gasteiger partial charge is 0.411 e. The zero-order valence-corrected chi connectivity index (χ0v) is 13.2. The van der Waals surface area contributed by atoms with Crippen LogP contribution in [0, 0.1) is 5.82 Å². The highest BCUT2D eigenvalue weighted by molar-refractivity contribution is 9.10. The van der Waals surface area contributed by atoms with Gasteiger partial charge in [0, 0.05) is 10.2 Å². The molecule has 3 aromatic rings. The molecule has 0 spiro atoms. The minimum atomic E-state index is -0.370. The van der Waals surface area contributed by atoms with Gasteiger partial charge in [0.2, 0.25) is 0 Å². The first-order chi connectivity index (χ1) is 10.2. The molecule has 106 valence electrons. The quantitative estimate of drug-likeness (QED) is 0.615. The highest BCUT2D eigenvalue weighted by Gasteiger charge is 2.12. The lowest BCUT2D eigenvalue weighted by Crippen LogP contribution is -1.82. The molecule has 3 nitrogen and oxygen atoms in total. The van der Waals surface area contributed by atoms with Crippen molar-refractivity contribution in [3.63, 3.8) is 0 Å². The van der Waals surface area contributed by atoms with Gasteiger partial charge in [0.05, 0.1) is 5.56 Å². The Bertz CT molecular complexity index is 745. The van der Waals surface area contributed by atoms with Crippen molar-refractivity contribution >= 4 is 27.7 Å². The zero-order valence-electron chi connectivity index (χ0n) is 10.8. The molecular formula is C15H10BrFN2OS. The van der Waals surface area contributed by atoms with Crippen LogP contribution >= 0.6 is 27.7 Å². The Morgan fingerprint density at radius 1 is 1.05 bits per heavy atom. The molecule has 0 unspecified atom stereocenters. The van der Waals surface area contributed by atoms with Crippen LogP contribution < -0.4 is 0 Å². The van der Waals surface area contributed by atoms with Gasteiger partial charge in [0.1, 0.15) is 5.82 Å². The summed E-state index contributed by atoms with van der Waals surface area (Å²) in [5, 5.41) is 8.25. The number of aromatic nitrogens is 2. The molecule has 21 heavy (non-hydrogen) atoms. The minimum Gasteiger partial charge on any atom is -0.411 e. The van der Waals surface area contributed by atoms with Gasteiger partial charge in [0.15, 0.2) is 0 Å². The fourth-order valence-electron chi connectivity index (χ4n) is 1.74. The Morgan fingerprint density at radius 2 is 1.81 bits per heavy atom. The summed E-state index contributed by atoms with van der Waals surface area (Å²) >= 11 is 4.82. The van der Waals surface area contributed by atoms with E-state index in [1.54, 1.807) is 18.2 Å². The van der Waals surface area contributed by atoms with Crippen LogP contribution in [0.1, 0.15) is 5.56 Å². The molecule has 0 aliphatic rings. The smallest absolute Gasteiger partial charge is 0.277 e. The van der Waals surface area contributed by atoms with Crippen LogP contribution in [0.5, 0.6) is 0 Å². The van der Waals surface area contributed by atoms with Crippen LogP contribution in [0.15, 0.2) is 62.6 Å². The van der Waals surface area contributed by atoms with Gasteiger partial charge >= 0.3 is 0 Å². The summed E-state index contributed by atoms with van der Waals surface area (Å²) in [5.74, 6) is 0.545. The van der Waals surface area contributed by atoms with Gasteiger partial charge in [-0.05, 0) is 29.8 Å². The van der Waals surface area contributed by atoms with E-state index in [-0.39, 0.29) is 11.7 Å². The van der Waals surface area contributed by atoms with Crippen molar-refractivity contribution in [3.8, 4) is 11.5 Å². The van der Waals surface area contributed by atoms with Gasteiger partial charge < -0.3 is 4.42 Å². The molecule has 0 radical (unpaired) electrons. The lowest BCUT2D eigenvalue weighted by atomic mass is 10.2. The second kappa shape index (κ2) is 6.41. The molecule has 0 saturated heterocycles. The second-order valence-corrected chi connectivity index (χ2v) is 6.11. The van der Waals surface area contributed by atoms with E-state index >= 15 is 0 Å². The molecule has 0 aliphatic heterocycles. The summed E-state index contributed by atoms with van der Waals surface area (Å²) in [6, 6.07) is 14.3. The molecule has 0 aliphatic carbocycles. The van der Waals surface area contributed by atoms with E-state index in [0.717, 1.165) is 10.0 Å². The molecule has 0 atom stereocenters. The average molecular weight is 365 g/mol. The predicted molar refractivity (Wildman–Crippen MR) is 83.4 cm³/mol.